The molecule has 26 heavy (non-hydrogen) atoms. The number of nitrogens with zero attached hydrogens (tertiary/aromatic N) is 2. The Bertz CT molecular complexity index is 779. The third-order valence-corrected chi connectivity index (χ3v) is 4.28. The number of benzene rings is 1. The molecule has 0 atom stereocenters. The lowest BCUT2D eigenvalue weighted by Crippen LogP contribution is -2.35. The van der Waals surface area contributed by atoms with Crippen molar-refractivity contribution in [1.29, 1.82) is 0 Å². The van der Waals surface area contributed by atoms with Gasteiger partial charge in [-0.25, -0.2) is 5.43 Å². The maximum Gasteiger partial charge on any atom is 0.259 e. The molecule has 0 bridgehead atoms. The molecule has 2 aromatic rings. The first-order valence-corrected chi connectivity index (χ1v) is 8.67. The first kappa shape index (κ1) is 18.0. The van der Waals surface area contributed by atoms with Crippen LogP contribution in [0.4, 0.5) is 11.6 Å². The molecule has 7 heteroatoms. The SMILES string of the molecule is Cc1ccc(NCC(=O)N/N=C\c2ccc(N3CCOCC3)o2)cc1C. The summed E-state index contributed by atoms with van der Waals surface area (Å²) in [5.74, 6) is 1.16. The van der Waals surface area contributed by atoms with E-state index in [0.717, 1.165) is 24.7 Å². The molecule has 2 N–H and O–H groups in total. The summed E-state index contributed by atoms with van der Waals surface area (Å²) in [6, 6.07) is 9.72. The number of carbonyl (C=O) groups is 1. The second kappa shape index (κ2) is 8.53. The number of morpholine rings is 1. The molecule has 0 spiro atoms. The van der Waals surface area contributed by atoms with E-state index in [4.69, 9.17) is 9.15 Å². The Morgan fingerprint density at radius 1 is 1.19 bits per heavy atom. The topological polar surface area (TPSA) is 79.1 Å². The van der Waals surface area contributed by atoms with Crippen LogP contribution in [-0.2, 0) is 9.53 Å². The fraction of sp³-hybridized carbons (Fsp3) is 0.368. The van der Waals surface area contributed by atoms with Crippen LogP contribution in [0.1, 0.15) is 16.9 Å². The molecule has 1 aromatic carbocycles. The lowest BCUT2D eigenvalue weighted by molar-refractivity contribution is -0.119. The molecule has 0 radical (unpaired) electrons. The van der Waals surface area contributed by atoms with E-state index in [-0.39, 0.29) is 12.5 Å². The smallest absolute Gasteiger partial charge is 0.259 e. The highest BCUT2D eigenvalue weighted by Crippen LogP contribution is 2.18. The van der Waals surface area contributed by atoms with Gasteiger partial charge in [-0.2, -0.15) is 5.10 Å². The summed E-state index contributed by atoms with van der Waals surface area (Å²) in [5.41, 5.74) is 5.81. The van der Waals surface area contributed by atoms with E-state index in [9.17, 15) is 4.79 Å². The van der Waals surface area contributed by atoms with Crippen LogP contribution < -0.4 is 15.6 Å². The van der Waals surface area contributed by atoms with Gasteiger partial charge in [-0.05, 0) is 43.2 Å². The molecule has 0 saturated carbocycles. The number of hydrogen-bond acceptors (Lipinski definition) is 6. The van der Waals surface area contributed by atoms with Crippen molar-refractivity contribution in [3.63, 3.8) is 0 Å². The lowest BCUT2D eigenvalue weighted by Gasteiger charge is -2.26. The Balaban J connectivity index is 1.45. The highest BCUT2D eigenvalue weighted by molar-refractivity contribution is 5.83. The highest BCUT2D eigenvalue weighted by atomic mass is 16.5. The van der Waals surface area contributed by atoms with Gasteiger partial charge in [0.05, 0.1) is 26.0 Å². The van der Waals surface area contributed by atoms with E-state index in [1.165, 1.54) is 17.3 Å². The second-order valence-electron chi connectivity index (χ2n) is 6.22. The second-order valence-corrected chi connectivity index (χ2v) is 6.22. The first-order chi connectivity index (χ1) is 12.6. The van der Waals surface area contributed by atoms with Gasteiger partial charge in [-0.15, -0.1) is 0 Å². The summed E-state index contributed by atoms with van der Waals surface area (Å²) in [5, 5.41) is 7.02. The van der Waals surface area contributed by atoms with Crippen LogP contribution in [0, 0.1) is 13.8 Å². The lowest BCUT2D eigenvalue weighted by atomic mass is 10.1. The van der Waals surface area contributed by atoms with Crippen molar-refractivity contribution in [2.45, 2.75) is 13.8 Å². The summed E-state index contributed by atoms with van der Waals surface area (Å²) >= 11 is 0. The first-order valence-electron chi connectivity index (χ1n) is 8.67. The summed E-state index contributed by atoms with van der Waals surface area (Å²) < 4.78 is 11.0. The minimum atomic E-state index is -0.223. The van der Waals surface area contributed by atoms with Crippen LogP contribution in [0.25, 0.3) is 0 Å². The van der Waals surface area contributed by atoms with Crippen LogP contribution in [0.5, 0.6) is 0 Å². The van der Waals surface area contributed by atoms with Gasteiger partial charge in [0, 0.05) is 24.8 Å². The number of aryl methyl sites for hydroxylation is 2. The average Bonchev–Trinajstić information content (AvgIpc) is 3.12. The Hall–Kier alpha value is -2.80. The van der Waals surface area contributed by atoms with Gasteiger partial charge >= 0.3 is 0 Å². The summed E-state index contributed by atoms with van der Waals surface area (Å²) in [6.07, 6.45) is 1.50. The Kier molecular flexibility index (Phi) is 5.91. The molecule has 1 fully saturated rings. The van der Waals surface area contributed by atoms with Crippen molar-refractivity contribution < 1.29 is 13.9 Å². The van der Waals surface area contributed by atoms with Gasteiger partial charge in [0.2, 0.25) is 0 Å². The van der Waals surface area contributed by atoms with E-state index < -0.39 is 0 Å². The zero-order chi connectivity index (χ0) is 18.4. The fourth-order valence-electron chi connectivity index (χ4n) is 2.61. The van der Waals surface area contributed by atoms with Gasteiger partial charge in [-0.3, -0.25) is 4.79 Å². The van der Waals surface area contributed by atoms with Crippen LogP contribution in [0.15, 0.2) is 39.9 Å². The normalized spacial score (nSPS) is 14.6. The molecule has 3 rings (SSSR count). The Morgan fingerprint density at radius 2 is 2.00 bits per heavy atom. The molecule has 0 aliphatic carbocycles. The summed E-state index contributed by atoms with van der Waals surface area (Å²) in [7, 11) is 0. The number of hydrogen-bond donors (Lipinski definition) is 2. The maximum atomic E-state index is 11.9. The van der Waals surface area contributed by atoms with E-state index in [2.05, 4.69) is 27.7 Å². The van der Waals surface area contributed by atoms with Gasteiger partial charge < -0.3 is 19.4 Å². The van der Waals surface area contributed by atoms with Gasteiger partial charge in [0.15, 0.2) is 5.88 Å². The molecule has 2 heterocycles. The van der Waals surface area contributed by atoms with Crippen molar-refractivity contribution in [1.82, 2.24) is 5.43 Å². The molecule has 0 unspecified atom stereocenters. The zero-order valence-electron chi connectivity index (χ0n) is 15.1. The Labute approximate surface area is 153 Å². The van der Waals surface area contributed by atoms with Crippen molar-refractivity contribution in [3.05, 3.63) is 47.2 Å². The molecule has 1 saturated heterocycles. The quantitative estimate of drug-likeness (QED) is 0.613. The highest BCUT2D eigenvalue weighted by Gasteiger charge is 2.14. The number of nitrogens with one attached hydrogen (secondary N) is 2. The number of hydrazone groups is 1. The largest absolute Gasteiger partial charge is 0.440 e. The predicted molar refractivity (Wildman–Crippen MR) is 102 cm³/mol. The van der Waals surface area contributed by atoms with Crippen molar-refractivity contribution in [3.8, 4) is 0 Å². The van der Waals surface area contributed by atoms with Crippen molar-refractivity contribution >= 4 is 23.7 Å². The summed E-state index contributed by atoms with van der Waals surface area (Å²) in [4.78, 5) is 14.0. The molecule has 1 aromatic heterocycles. The number of anilines is 2. The van der Waals surface area contributed by atoms with Gasteiger partial charge in [0.25, 0.3) is 5.91 Å². The van der Waals surface area contributed by atoms with Crippen molar-refractivity contribution in [2.24, 2.45) is 5.10 Å². The monoisotopic (exact) mass is 356 g/mol. The number of ether oxygens (including phenoxy) is 1. The molecule has 7 nitrogen and oxygen atoms in total. The minimum absolute atomic E-state index is 0.150. The maximum absolute atomic E-state index is 11.9. The number of carbonyl (C=O) groups excluding carboxylic acids is 1. The van der Waals surface area contributed by atoms with E-state index in [0.29, 0.717) is 19.0 Å². The van der Waals surface area contributed by atoms with Crippen LogP contribution >= 0.6 is 0 Å². The minimum Gasteiger partial charge on any atom is -0.440 e. The van der Waals surface area contributed by atoms with Crippen LogP contribution in [0.3, 0.4) is 0 Å². The fourth-order valence-corrected chi connectivity index (χ4v) is 2.61. The number of furan rings is 1. The van der Waals surface area contributed by atoms with Gasteiger partial charge in [-0.1, -0.05) is 6.07 Å². The van der Waals surface area contributed by atoms with E-state index in [1.807, 2.05) is 37.3 Å². The average molecular weight is 356 g/mol. The van der Waals surface area contributed by atoms with Crippen molar-refractivity contribution in [2.75, 3.05) is 43.1 Å². The molecular weight excluding hydrogens is 332 g/mol. The molecule has 138 valence electrons. The summed E-state index contributed by atoms with van der Waals surface area (Å²) in [6.45, 7) is 7.27. The van der Waals surface area contributed by atoms with Gasteiger partial charge in [0.1, 0.15) is 5.76 Å². The molecule has 1 aliphatic heterocycles. The molecule has 1 amide bonds. The third-order valence-electron chi connectivity index (χ3n) is 4.28. The Morgan fingerprint density at radius 3 is 2.77 bits per heavy atom. The molecule has 1 aliphatic rings. The zero-order valence-corrected chi connectivity index (χ0v) is 15.1. The number of amides is 1. The number of rotatable bonds is 6. The standard InChI is InChI=1S/C19H24N4O3/c1-14-3-4-16(11-15(14)2)20-13-18(24)22-21-12-17-5-6-19(26-17)23-7-9-25-10-8-23/h3-6,11-12,20H,7-10,13H2,1-2H3,(H,22,24)/b21-12-. The van der Waals surface area contributed by atoms with Crippen LogP contribution in [0.2, 0.25) is 0 Å². The van der Waals surface area contributed by atoms with Crippen LogP contribution in [-0.4, -0.2) is 45.0 Å². The third kappa shape index (κ3) is 4.86. The molecular formula is C19H24N4O3. The van der Waals surface area contributed by atoms with E-state index >= 15 is 0 Å². The van der Waals surface area contributed by atoms with E-state index in [1.54, 1.807) is 0 Å². The predicted octanol–water partition coefficient (Wildman–Crippen LogP) is 2.30.